The first-order valence-electron chi connectivity index (χ1n) is 7.65. The topological polar surface area (TPSA) is 72.4 Å². The van der Waals surface area contributed by atoms with Crippen molar-refractivity contribution in [1.82, 2.24) is 4.90 Å². The molecule has 0 bridgehead atoms. The van der Waals surface area contributed by atoms with E-state index in [1.807, 2.05) is 35.2 Å². The summed E-state index contributed by atoms with van der Waals surface area (Å²) in [5, 5.41) is 0. The molecule has 1 saturated heterocycles. The van der Waals surface area contributed by atoms with Crippen LogP contribution in [-0.2, 0) is 4.79 Å². The van der Waals surface area contributed by atoms with Crippen LogP contribution in [0, 0.1) is 5.82 Å². The van der Waals surface area contributed by atoms with E-state index in [9.17, 15) is 9.18 Å². The molecule has 1 amide bonds. The van der Waals surface area contributed by atoms with Gasteiger partial charge in [0.05, 0.1) is 0 Å². The second kappa shape index (κ2) is 7.75. The summed E-state index contributed by atoms with van der Waals surface area (Å²) in [5.74, 6) is -0.631. The number of rotatable bonds is 4. The Hall–Kier alpha value is -1.95. The zero-order chi connectivity index (χ0) is 16.4. The van der Waals surface area contributed by atoms with Crippen molar-refractivity contribution in [2.75, 3.05) is 13.1 Å². The van der Waals surface area contributed by atoms with Gasteiger partial charge in [0.2, 0.25) is 5.91 Å². The number of primary amides is 1. The molecule has 6 heteroatoms. The second-order valence-electron chi connectivity index (χ2n) is 5.99. The van der Waals surface area contributed by atoms with Crippen LogP contribution in [0.4, 0.5) is 4.39 Å². The molecule has 3 atom stereocenters. The van der Waals surface area contributed by atoms with Gasteiger partial charge in [-0.3, -0.25) is 9.69 Å². The van der Waals surface area contributed by atoms with Gasteiger partial charge in [0.1, 0.15) is 11.9 Å². The maximum absolute atomic E-state index is 13.1. The number of carbonyl (C=O) groups excluding carboxylic acids is 1. The highest BCUT2D eigenvalue weighted by Gasteiger charge is 2.37. The van der Waals surface area contributed by atoms with E-state index in [4.69, 9.17) is 11.5 Å². The summed E-state index contributed by atoms with van der Waals surface area (Å²) in [6.07, 6.45) is 0. The Balaban J connectivity index is 0.00000208. The lowest BCUT2D eigenvalue weighted by Crippen LogP contribution is -2.37. The van der Waals surface area contributed by atoms with Crippen molar-refractivity contribution in [3.05, 3.63) is 71.5 Å². The molecule has 2 aromatic rings. The van der Waals surface area contributed by atoms with Gasteiger partial charge in [-0.05, 0) is 23.3 Å². The minimum Gasteiger partial charge on any atom is -0.368 e. The number of nitrogens with zero attached hydrogens (tertiary/aromatic N) is 1. The van der Waals surface area contributed by atoms with Crippen molar-refractivity contribution >= 4 is 18.3 Å². The number of hydrogen-bond acceptors (Lipinski definition) is 3. The first-order chi connectivity index (χ1) is 11.1. The lowest BCUT2D eigenvalue weighted by molar-refractivity contribution is -0.123. The van der Waals surface area contributed by atoms with Gasteiger partial charge in [0.15, 0.2) is 0 Å². The van der Waals surface area contributed by atoms with E-state index in [0.29, 0.717) is 18.7 Å². The number of likely N-dealkylation sites (tertiary alicyclic amines) is 1. The predicted molar refractivity (Wildman–Crippen MR) is 94.3 cm³/mol. The van der Waals surface area contributed by atoms with Crippen molar-refractivity contribution in [2.24, 2.45) is 11.5 Å². The fourth-order valence-corrected chi connectivity index (χ4v) is 3.32. The van der Waals surface area contributed by atoms with Crippen LogP contribution < -0.4 is 11.5 Å². The van der Waals surface area contributed by atoms with Gasteiger partial charge >= 0.3 is 0 Å². The van der Waals surface area contributed by atoms with E-state index in [1.54, 1.807) is 12.1 Å². The summed E-state index contributed by atoms with van der Waals surface area (Å²) in [4.78, 5) is 14.0. The average Bonchev–Trinajstić information content (AvgIpc) is 2.91. The Kier molecular flexibility index (Phi) is 5.94. The summed E-state index contributed by atoms with van der Waals surface area (Å²) in [6.45, 7) is 1.22. The molecule has 1 fully saturated rings. The van der Waals surface area contributed by atoms with E-state index in [2.05, 4.69) is 0 Å². The monoisotopic (exact) mass is 349 g/mol. The standard InChI is InChI=1S/C18H20FN3O.ClH/c19-14-8-6-13(7-9-14)17(18(21)23)22-10-15(16(20)11-22)12-4-2-1-3-5-12;/h1-9,15-17H,10-11,20H2,(H2,21,23);1H/t15-,16+,17?;/m0./s1. The van der Waals surface area contributed by atoms with Crippen molar-refractivity contribution in [3.63, 3.8) is 0 Å². The highest BCUT2D eigenvalue weighted by Crippen LogP contribution is 2.32. The van der Waals surface area contributed by atoms with E-state index in [0.717, 1.165) is 5.56 Å². The van der Waals surface area contributed by atoms with Gasteiger partial charge in [-0.2, -0.15) is 0 Å². The summed E-state index contributed by atoms with van der Waals surface area (Å²) >= 11 is 0. The Morgan fingerprint density at radius 1 is 1.08 bits per heavy atom. The fourth-order valence-electron chi connectivity index (χ4n) is 3.32. The SMILES string of the molecule is Cl.NC(=O)C(c1ccc(F)cc1)N1C[C@@H](N)[C@H](c2ccccc2)C1. The molecule has 0 saturated carbocycles. The Morgan fingerprint density at radius 2 is 1.71 bits per heavy atom. The molecule has 128 valence electrons. The van der Waals surface area contributed by atoms with Crippen molar-refractivity contribution in [2.45, 2.75) is 18.0 Å². The van der Waals surface area contributed by atoms with Crippen LogP contribution >= 0.6 is 12.4 Å². The third kappa shape index (κ3) is 3.75. The van der Waals surface area contributed by atoms with E-state index in [-0.39, 0.29) is 30.2 Å². The molecule has 1 aliphatic rings. The highest BCUT2D eigenvalue weighted by molar-refractivity contribution is 5.85. The quantitative estimate of drug-likeness (QED) is 0.888. The number of hydrogen-bond donors (Lipinski definition) is 2. The van der Waals surface area contributed by atoms with Gasteiger partial charge in [0, 0.05) is 25.0 Å². The van der Waals surface area contributed by atoms with Crippen LogP contribution in [0.2, 0.25) is 0 Å². The Labute approximate surface area is 147 Å². The Morgan fingerprint density at radius 3 is 2.29 bits per heavy atom. The van der Waals surface area contributed by atoms with Crippen molar-refractivity contribution < 1.29 is 9.18 Å². The molecule has 24 heavy (non-hydrogen) atoms. The highest BCUT2D eigenvalue weighted by atomic mass is 35.5. The summed E-state index contributed by atoms with van der Waals surface area (Å²) in [6, 6.07) is 15.3. The molecule has 1 unspecified atom stereocenters. The molecule has 1 aliphatic heterocycles. The largest absolute Gasteiger partial charge is 0.368 e. The van der Waals surface area contributed by atoms with Crippen molar-refractivity contribution in [1.29, 1.82) is 0 Å². The number of halogens is 2. The first kappa shape index (κ1) is 18.4. The molecule has 0 aromatic heterocycles. The lowest BCUT2D eigenvalue weighted by atomic mass is 9.95. The molecule has 4 N–H and O–H groups in total. The van der Waals surface area contributed by atoms with Gasteiger partial charge in [-0.25, -0.2) is 4.39 Å². The number of amides is 1. The number of nitrogens with two attached hydrogens (primary N) is 2. The van der Waals surface area contributed by atoms with Crippen LogP contribution in [0.1, 0.15) is 23.1 Å². The van der Waals surface area contributed by atoms with Crippen LogP contribution in [-0.4, -0.2) is 29.9 Å². The maximum Gasteiger partial charge on any atom is 0.239 e. The zero-order valence-electron chi connectivity index (χ0n) is 13.1. The smallest absolute Gasteiger partial charge is 0.239 e. The second-order valence-corrected chi connectivity index (χ2v) is 5.99. The summed E-state index contributed by atoms with van der Waals surface area (Å²) in [7, 11) is 0. The molecule has 3 rings (SSSR count). The van der Waals surface area contributed by atoms with Crippen LogP contribution in [0.25, 0.3) is 0 Å². The van der Waals surface area contributed by atoms with E-state index < -0.39 is 11.9 Å². The fraction of sp³-hybridized carbons (Fsp3) is 0.278. The summed E-state index contributed by atoms with van der Waals surface area (Å²) < 4.78 is 13.1. The van der Waals surface area contributed by atoms with Crippen LogP contribution in [0.3, 0.4) is 0 Å². The third-order valence-corrected chi connectivity index (χ3v) is 4.44. The lowest BCUT2D eigenvalue weighted by Gasteiger charge is -2.25. The molecule has 1 heterocycles. The number of benzene rings is 2. The van der Waals surface area contributed by atoms with Gasteiger partial charge in [0.25, 0.3) is 0 Å². The molecule has 2 aromatic carbocycles. The van der Waals surface area contributed by atoms with E-state index in [1.165, 1.54) is 12.1 Å². The Bertz CT molecular complexity index is 680. The number of carbonyl (C=O) groups is 1. The molecule has 4 nitrogen and oxygen atoms in total. The van der Waals surface area contributed by atoms with Crippen LogP contribution in [0.15, 0.2) is 54.6 Å². The predicted octanol–water partition coefficient (Wildman–Crippen LogP) is 2.20. The average molecular weight is 350 g/mol. The normalized spacial score (nSPS) is 21.9. The molecule has 0 radical (unpaired) electrons. The molecule has 0 aliphatic carbocycles. The van der Waals surface area contributed by atoms with E-state index >= 15 is 0 Å². The van der Waals surface area contributed by atoms with Crippen molar-refractivity contribution in [3.8, 4) is 0 Å². The van der Waals surface area contributed by atoms with Crippen LogP contribution in [0.5, 0.6) is 0 Å². The minimum absolute atomic E-state index is 0. The van der Waals surface area contributed by atoms with Gasteiger partial charge in [-0.15, -0.1) is 12.4 Å². The van der Waals surface area contributed by atoms with Gasteiger partial charge < -0.3 is 11.5 Å². The minimum atomic E-state index is -0.588. The maximum atomic E-state index is 13.1. The van der Waals surface area contributed by atoms with Gasteiger partial charge in [-0.1, -0.05) is 42.5 Å². The first-order valence-corrected chi connectivity index (χ1v) is 7.65. The molecular weight excluding hydrogens is 329 g/mol. The summed E-state index contributed by atoms with van der Waals surface area (Å²) in [5.41, 5.74) is 13.7. The molecular formula is C18H21ClFN3O. The zero-order valence-corrected chi connectivity index (χ0v) is 14.0. The third-order valence-electron chi connectivity index (χ3n) is 4.44. The molecule has 0 spiro atoms.